The molecule has 0 bridgehead atoms. The monoisotopic (exact) mass is 358 g/mol. The van der Waals surface area contributed by atoms with E-state index >= 15 is 0 Å². The number of ether oxygens (including phenoxy) is 1. The Morgan fingerprint density at radius 2 is 1.85 bits per heavy atom. The number of hydrogen-bond acceptors (Lipinski definition) is 3. The molecule has 0 saturated heterocycles. The highest BCUT2D eigenvalue weighted by atomic mass is 16.5. The summed E-state index contributed by atoms with van der Waals surface area (Å²) >= 11 is 0. The van der Waals surface area contributed by atoms with Crippen molar-refractivity contribution in [2.45, 2.75) is 53.9 Å². The van der Waals surface area contributed by atoms with Crippen molar-refractivity contribution in [2.75, 3.05) is 7.11 Å². The van der Waals surface area contributed by atoms with Gasteiger partial charge in [-0.1, -0.05) is 43.2 Å². The second-order valence-corrected chi connectivity index (χ2v) is 7.41. The maximum atomic E-state index is 11.4. The predicted octanol–water partition coefficient (Wildman–Crippen LogP) is 5.15. The lowest BCUT2D eigenvalue weighted by Gasteiger charge is -2.32. The Kier molecular flexibility index (Phi) is 7.81. The third-order valence-corrected chi connectivity index (χ3v) is 4.76. The fraction of sp³-hybridized carbons (Fsp3) is 0.455. The van der Waals surface area contributed by atoms with Crippen molar-refractivity contribution in [2.24, 2.45) is 5.41 Å². The van der Waals surface area contributed by atoms with Gasteiger partial charge in [-0.15, -0.1) is 0 Å². The summed E-state index contributed by atoms with van der Waals surface area (Å²) in [6.07, 6.45) is 12.1. The average Bonchev–Trinajstić information content (AvgIpc) is 2.53. The van der Waals surface area contributed by atoms with Crippen molar-refractivity contribution in [3.8, 4) is 0 Å². The Bertz CT molecular complexity index is 712. The molecule has 0 aliphatic heterocycles. The van der Waals surface area contributed by atoms with E-state index in [-0.39, 0.29) is 11.0 Å². The van der Waals surface area contributed by atoms with Gasteiger partial charge in [-0.2, -0.15) is 0 Å². The van der Waals surface area contributed by atoms with Gasteiger partial charge in [0.15, 0.2) is 0 Å². The van der Waals surface area contributed by atoms with Gasteiger partial charge in [-0.05, 0) is 62.7 Å². The largest absolute Gasteiger partial charge is 0.478 e. The van der Waals surface area contributed by atoms with Crippen LogP contribution in [0, 0.1) is 5.41 Å². The number of carboxylic acid groups (broad SMARTS) is 1. The third-order valence-electron chi connectivity index (χ3n) is 4.76. The highest BCUT2D eigenvalue weighted by molar-refractivity contribution is 5.95. The van der Waals surface area contributed by atoms with Crippen LogP contribution in [0.15, 0.2) is 58.2 Å². The van der Waals surface area contributed by atoms with Gasteiger partial charge in [0.1, 0.15) is 0 Å². The molecule has 0 unspecified atom stereocenters. The summed E-state index contributed by atoms with van der Waals surface area (Å²) in [4.78, 5) is 22.7. The van der Waals surface area contributed by atoms with Crippen molar-refractivity contribution >= 4 is 11.9 Å². The number of rotatable bonds is 6. The van der Waals surface area contributed by atoms with Gasteiger partial charge in [0, 0.05) is 6.08 Å². The Labute approximate surface area is 156 Å². The van der Waals surface area contributed by atoms with E-state index in [0.717, 1.165) is 12.0 Å². The van der Waals surface area contributed by atoms with Crippen LogP contribution in [0.4, 0.5) is 0 Å². The second kappa shape index (κ2) is 9.37. The first-order valence-corrected chi connectivity index (χ1v) is 8.85. The van der Waals surface area contributed by atoms with E-state index in [1.165, 1.54) is 43.2 Å². The van der Waals surface area contributed by atoms with Crippen molar-refractivity contribution in [3.05, 3.63) is 58.2 Å². The third kappa shape index (κ3) is 6.17. The summed E-state index contributed by atoms with van der Waals surface area (Å²) in [6.45, 7) is 10.2. The van der Waals surface area contributed by atoms with Gasteiger partial charge >= 0.3 is 11.9 Å². The molecule has 0 amide bonds. The summed E-state index contributed by atoms with van der Waals surface area (Å²) < 4.78 is 4.54. The molecule has 0 atom stereocenters. The minimum atomic E-state index is -1.08. The molecule has 0 radical (unpaired) electrons. The summed E-state index contributed by atoms with van der Waals surface area (Å²) in [5.74, 6) is -1.65. The number of allylic oxidation sites excluding steroid dienone is 7. The van der Waals surface area contributed by atoms with Gasteiger partial charge < -0.3 is 9.84 Å². The Morgan fingerprint density at radius 1 is 1.19 bits per heavy atom. The quantitative estimate of drug-likeness (QED) is 0.405. The van der Waals surface area contributed by atoms with E-state index in [0.29, 0.717) is 5.57 Å². The molecule has 0 saturated carbocycles. The molecule has 4 nitrogen and oxygen atoms in total. The van der Waals surface area contributed by atoms with Crippen LogP contribution < -0.4 is 0 Å². The highest BCUT2D eigenvalue weighted by Crippen LogP contribution is 2.40. The Morgan fingerprint density at radius 3 is 2.38 bits per heavy atom. The summed E-state index contributed by atoms with van der Waals surface area (Å²) in [5.41, 5.74) is 4.31. The zero-order valence-corrected chi connectivity index (χ0v) is 16.7. The van der Waals surface area contributed by atoms with Crippen molar-refractivity contribution in [1.29, 1.82) is 0 Å². The number of methoxy groups -OCH3 is 1. The van der Waals surface area contributed by atoms with Crippen LogP contribution in [0.2, 0.25) is 0 Å². The number of esters is 1. The lowest BCUT2D eigenvalue weighted by atomic mass is 9.72. The molecule has 0 spiro atoms. The minimum Gasteiger partial charge on any atom is -0.478 e. The molecule has 4 heteroatoms. The minimum absolute atomic E-state index is 0.0662. The van der Waals surface area contributed by atoms with Crippen LogP contribution in [-0.4, -0.2) is 24.2 Å². The predicted molar refractivity (Wildman–Crippen MR) is 105 cm³/mol. The van der Waals surface area contributed by atoms with E-state index < -0.39 is 11.9 Å². The zero-order valence-electron chi connectivity index (χ0n) is 16.7. The lowest BCUT2D eigenvalue weighted by molar-refractivity contribution is -0.134. The van der Waals surface area contributed by atoms with Crippen molar-refractivity contribution in [1.82, 2.24) is 0 Å². The molecule has 142 valence electrons. The molecule has 1 aliphatic rings. The zero-order chi connectivity index (χ0) is 19.9. The molecule has 0 aromatic rings. The van der Waals surface area contributed by atoms with E-state index in [1.54, 1.807) is 13.0 Å². The van der Waals surface area contributed by atoms with E-state index in [2.05, 4.69) is 31.6 Å². The lowest BCUT2D eigenvalue weighted by Crippen LogP contribution is -2.19. The highest BCUT2D eigenvalue weighted by Gasteiger charge is 2.26. The van der Waals surface area contributed by atoms with Crippen molar-refractivity contribution in [3.63, 3.8) is 0 Å². The molecule has 1 aliphatic carbocycles. The average molecular weight is 358 g/mol. The van der Waals surface area contributed by atoms with E-state index in [9.17, 15) is 14.7 Å². The summed E-state index contributed by atoms with van der Waals surface area (Å²) in [6, 6.07) is 0. The first-order chi connectivity index (χ1) is 12.1. The first kappa shape index (κ1) is 21.7. The number of carbonyl (C=O) groups is 2. The Balaban J connectivity index is 3.07. The molecule has 0 fully saturated rings. The first-order valence-electron chi connectivity index (χ1n) is 8.85. The summed E-state index contributed by atoms with van der Waals surface area (Å²) in [7, 11) is 1.26. The molecule has 1 N–H and O–H groups in total. The normalized spacial score (nSPS) is 19.1. The molecular weight excluding hydrogens is 328 g/mol. The molecule has 26 heavy (non-hydrogen) atoms. The standard InChI is InChI=1S/C22H30O4/c1-15(10-12-19-16(2)8-7-13-22(19,4)5)9-11-18(21(24)25)17(3)14-20(23)26-6/h9-12,14H,7-8,13H2,1-6H3,(H,24,25). The van der Waals surface area contributed by atoms with Crippen LogP contribution in [-0.2, 0) is 14.3 Å². The smallest absolute Gasteiger partial charge is 0.335 e. The van der Waals surface area contributed by atoms with Crippen LogP contribution in [0.25, 0.3) is 0 Å². The molecule has 0 heterocycles. The van der Waals surface area contributed by atoms with Gasteiger partial charge in [-0.3, -0.25) is 0 Å². The fourth-order valence-electron chi connectivity index (χ4n) is 3.18. The maximum absolute atomic E-state index is 11.4. The topological polar surface area (TPSA) is 63.6 Å². The SMILES string of the molecule is COC(=O)C=C(C)C(=CC=C(C)C=CC1=C(C)CCCC1(C)C)C(=O)O. The molecule has 0 aromatic heterocycles. The van der Waals surface area contributed by atoms with Crippen LogP contribution in [0.3, 0.4) is 0 Å². The maximum Gasteiger partial charge on any atom is 0.335 e. The Hall–Kier alpha value is -2.36. The van der Waals surface area contributed by atoms with Crippen LogP contribution in [0.5, 0.6) is 0 Å². The van der Waals surface area contributed by atoms with Gasteiger partial charge in [-0.25, -0.2) is 9.59 Å². The second-order valence-electron chi connectivity index (χ2n) is 7.41. The van der Waals surface area contributed by atoms with Crippen molar-refractivity contribution < 1.29 is 19.4 Å². The van der Waals surface area contributed by atoms with E-state index in [1.807, 2.05) is 13.0 Å². The van der Waals surface area contributed by atoms with Gasteiger partial charge in [0.05, 0.1) is 12.7 Å². The van der Waals surface area contributed by atoms with Gasteiger partial charge in [0.2, 0.25) is 0 Å². The number of carboxylic acids is 1. The fourth-order valence-corrected chi connectivity index (χ4v) is 3.18. The van der Waals surface area contributed by atoms with Crippen LogP contribution >= 0.6 is 0 Å². The van der Waals surface area contributed by atoms with Crippen LogP contribution in [0.1, 0.15) is 53.9 Å². The molecular formula is C22H30O4. The number of hydrogen-bond donors (Lipinski definition) is 1. The number of carbonyl (C=O) groups excluding carboxylic acids is 1. The number of aliphatic carboxylic acids is 1. The van der Waals surface area contributed by atoms with E-state index in [4.69, 9.17) is 0 Å². The molecule has 1 rings (SSSR count). The summed E-state index contributed by atoms with van der Waals surface area (Å²) in [5, 5.41) is 9.36. The molecule has 0 aromatic carbocycles. The van der Waals surface area contributed by atoms with Gasteiger partial charge in [0.25, 0.3) is 0 Å².